The molecule has 1 heterocycles. The number of aromatic nitrogens is 1. The SMILES string of the molecule is COc1ccc(-c2nc(N/N=C/c3ccc(Br)cc3)sc2C)c(F)c1. The van der Waals surface area contributed by atoms with Crippen molar-refractivity contribution >= 4 is 38.6 Å². The summed E-state index contributed by atoms with van der Waals surface area (Å²) in [5, 5.41) is 4.79. The minimum Gasteiger partial charge on any atom is -0.497 e. The molecule has 2 aromatic carbocycles. The Kier molecular flexibility index (Phi) is 5.45. The second kappa shape index (κ2) is 7.76. The van der Waals surface area contributed by atoms with Gasteiger partial charge in [0.1, 0.15) is 11.6 Å². The third kappa shape index (κ3) is 4.24. The molecule has 3 aromatic rings. The molecule has 1 N–H and O–H groups in total. The van der Waals surface area contributed by atoms with Gasteiger partial charge in [-0.2, -0.15) is 5.10 Å². The molecule has 0 aliphatic carbocycles. The Hall–Kier alpha value is -2.25. The van der Waals surface area contributed by atoms with Gasteiger partial charge < -0.3 is 4.74 Å². The number of thiazole rings is 1. The van der Waals surface area contributed by atoms with Gasteiger partial charge in [0.05, 0.1) is 19.0 Å². The number of methoxy groups -OCH3 is 1. The van der Waals surface area contributed by atoms with Crippen molar-refractivity contribution in [3.05, 3.63) is 63.2 Å². The Morgan fingerprint density at radius 1 is 1.24 bits per heavy atom. The molecule has 0 aliphatic heterocycles. The molecule has 4 nitrogen and oxygen atoms in total. The minimum atomic E-state index is -0.363. The number of hydrazone groups is 1. The van der Waals surface area contributed by atoms with Gasteiger partial charge in [-0.3, -0.25) is 5.43 Å². The van der Waals surface area contributed by atoms with Crippen molar-refractivity contribution in [3.8, 4) is 17.0 Å². The topological polar surface area (TPSA) is 46.5 Å². The van der Waals surface area contributed by atoms with Crippen molar-refractivity contribution in [3.63, 3.8) is 0 Å². The van der Waals surface area contributed by atoms with Crippen molar-refractivity contribution in [1.29, 1.82) is 0 Å². The van der Waals surface area contributed by atoms with E-state index in [1.165, 1.54) is 24.5 Å². The first-order chi connectivity index (χ1) is 12.1. The van der Waals surface area contributed by atoms with Crippen molar-refractivity contribution in [2.45, 2.75) is 6.92 Å². The maximum Gasteiger partial charge on any atom is 0.204 e. The molecular weight excluding hydrogens is 405 g/mol. The maximum absolute atomic E-state index is 14.2. The summed E-state index contributed by atoms with van der Waals surface area (Å²) < 4.78 is 20.3. The second-order valence-electron chi connectivity index (χ2n) is 5.19. The highest BCUT2D eigenvalue weighted by Gasteiger charge is 2.14. The fraction of sp³-hybridized carbons (Fsp3) is 0.111. The number of ether oxygens (including phenoxy) is 1. The van der Waals surface area contributed by atoms with Crippen LogP contribution in [0.3, 0.4) is 0 Å². The summed E-state index contributed by atoms with van der Waals surface area (Å²) in [6.07, 6.45) is 1.71. The third-order valence-corrected chi connectivity index (χ3v) is 4.88. The van der Waals surface area contributed by atoms with Gasteiger partial charge in [0.25, 0.3) is 0 Å². The molecule has 0 saturated carbocycles. The maximum atomic E-state index is 14.2. The summed E-state index contributed by atoms with van der Waals surface area (Å²) >= 11 is 4.82. The van der Waals surface area contributed by atoms with Crippen LogP contribution < -0.4 is 10.2 Å². The van der Waals surface area contributed by atoms with Gasteiger partial charge in [-0.15, -0.1) is 11.3 Å². The number of anilines is 1. The van der Waals surface area contributed by atoms with Gasteiger partial charge in [-0.25, -0.2) is 9.37 Å². The molecule has 25 heavy (non-hydrogen) atoms. The lowest BCUT2D eigenvalue weighted by atomic mass is 10.1. The molecule has 0 atom stereocenters. The average molecular weight is 420 g/mol. The molecule has 0 saturated heterocycles. The van der Waals surface area contributed by atoms with Crippen molar-refractivity contribution in [1.82, 2.24) is 4.98 Å². The molecule has 0 amide bonds. The molecule has 0 bridgehead atoms. The predicted octanol–water partition coefficient (Wildman–Crippen LogP) is 5.47. The summed E-state index contributed by atoms with van der Waals surface area (Å²) in [6.45, 7) is 1.90. The highest BCUT2D eigenvalue weighted by atomic mass is 79.9. The largest absolute Gasteiger partial charge is 0.497 e. The molecule has 0 unspecified atom stereocenters. The van der Waals surface area contributed by atoms with Crippen LogP contribution in [0.15, 0.2) is 52.0 Å². The highest BCUT2D eigenvalue weighted by Crippen LogP contribution is 2.33. The van der Waals surface area contributed by atoms with E-state index in [-0.39, 0.29) is 5.82 Å². The van der Waals surface area contributed by atoms with E-state index in [1.54, 1.807) is 18.3 Å². The van der Waals surface area contributed by atoms with Crippen LogP contribution in [0.5, 0.6) is 5.75 Å². The quantitative estimate of drug-likeness (QED) is 0.440. The molecular formula is C18H15BrFN3OS. The van der Waals surface area contributed by atoms with Crippen LogP contribution in [0.4, 0.5) is 9.52 Å². The van der Waals surface area contributed by atoms with Crippen LogP contribution in [-0.4, -0.2) is 18.3 Å². The highest BCUT2D eigenvalue weighted by molar-refractivity contribution is 9.10. The normalized spacial score (nSPS) is 11.0. The van der Waals surface area contributed by atoms with Crippen molar-refractivity contribution in [2.24, 2.45) is 5.10 Å². The molecule has 128 valence electrons. The summed E-state index contributed by atoms with van der Waals surface area (Å²) in [5.74, 6) is 0.115. The summed E-state index contributed by atoms with van der Waals surface area (Å²) in [4.78, 5) is 5.35. The summed E-state index contributed by atoms with van der Waals surface area (Å²) in [7, 11) is 1.51. The number of rotatable bonds is 5. The Morgan fingerprint density at radius 2 is 2.00 bits per heavy atom. The van der Waals surface area contributed by atoms with E-state index in [0.29, 0.717) is 22.1 Å². The monoisotopic (exact) mass is 419 g/mol. The lowest BCUT2D eigenvalue weighted by Gasteiger charge is -2.04. The Labute approximate surface area is 157 Å². The van der Waals surface area contributed by atoms with Crippen LogP contribution in [0.25, 0.3) is 11.3 Å². The number of halogens is 2. The molecule has 0 spiro atoms. The van der Waals surface area contributed by atoms with E-state index in [0.717, 1.165) is 14.9 Å². The number of nitrogens with zero attached hydrogens (tertiary/aromatic N) is 2. The van der Waals surface area contributed by atoms with E-state index < -0.39 is 0 Å². The van der Waals surface area contributed by atoms with Gasteiger partial charge >= 0.3 is 0 Å². The lowest BCUT2D eigenvalue weighted by molar-refractivity contribution is 0.411. The zero-order valence-corrected chi connectivity index (χ0v) is 16.0. The second-order valence-corrected chi connectivity index (χ2v) is 7.31. The Balaban J connectivity index is 1.77. The van der Waals surface area contributed by atoms with E-state index in [2.05, 4.69) is 31.4 Å². The summed E-state index contributed by atoms with van der Waals surface area (Å²) in [6, 6.07) is 12.5. The van der Waals surface area contributed by atoms with Crippen molar-refractivity contribution in [2.75, 3.05) is 12.5 Å². The fourth-order valence-corrected chi connectivity index (χ4v) is 3.26. The molecule has 0 fully saturated rings. The first-order valence-electron chi connectivity index (χ1n) is 7.43. The number of hydrogen-bond acceptors (Lipinski definition) is 5. The predicted molar refractivity (Wildman–Crippen MR) is 104 cm³/mol. The molecule has 7 heteroatoms. The van der Waals surface area contributed by atoms with E-state index in [9.17, 15) is 4.39 Å². The number of hydrogen-bond donors (Lipinski definition) is 1. The van der Waals surface area contributed by atoms with Gasteiger partial charge in [-0.1, -0.05) is 28.1 Å². The van der Waals surface area contributed by atoms with Crippen molar-refractivity contribution < 1.29 is 9.13 Å². The van der Waals surface area contributed by atoms with Gasteiger partial charge in [-0.05, 0) is 36.8 Å². The third-order valence-electron chi connectivity index (χ3n) is 3.47. The van der Waals surface area contributed by atoms with Crippen LogP contribution in [0, 0.1) is 12.7 Å². The first-order valence-corrected chi connectivity index (χ1v) is 9.04. The zero-order chi connectivity index (χ0) is 17.8. The molecule has 3 rings (SSSR count). The zero-order valence-electron chi connectivity index (χ0n) is 13.6. The average Bonchev–Trinajstić information content (AvgIpc) is 2.97. The van der Waals surface area contributed by atoms with Crippen LogP contribution in [-0.2, 0) is 0 Å². The van der Waals surface area contributed by atoms with Gasteiger partial charge in [0.15, 0.2) is 0 Å². The van der Waals surface area contributed by atoms with E-state index in [1.807, 2.05) is 31.2 Å². The Morgan fingerprint density at radius 3 is 2.68 bits per heavy atom. The first kappa shape index (κ1) is 17.6. The Bertz CT molecular complexity index is 909. The minimum absolute atomic E-state index is 0.363. The standard InChI is InChI=1S/C18H15BrFN3OS/c1-11-17(15-8-7-14(24-2)9-16(15)20)22-18(25-11)23-21-10-12-3-5-13(19)6-4-12/h3-10H,1-2H3,(H,22,23)/b21-10+. The molecule has 0 radical (unpaired) electrons. The molecule has 1 aromatic heterocycles. The van der Waals surface area contributed by atoms with E-state index >= 15 is 0 Å². The fourth-order valence-electron chi connectivity index (χ4n) is 2.22. The number of aryl methyl sites for hydroxylation is 1. The summed E-state index contributed by atoms with van der Waals surface area (Å²) in [5.41, 5.74) is 4.91. The lowest BCUT2D eigenvalue weighted by Crippen LogP contribution is -1.92. The van der Waals surface area contributed by atoms with Gasteiger partial charge in [0, 0.05) is 21.0 Å². The van der Waals surface area contributed by atoms with Crippen LogP contribution in [0.2, 0.25) is 0 Å². The van der Waals surface area contributed by atoms with Crippen LogP contribution in [0.1, 0.15) is 10.4 Å². The molecule has 0 aliphatic rings. The van der Waals surface area contributed by atoms with Crippen LogP contribution >= 0.6 is 27.3 Å². The number of nitrogens with one attached hydrogen (secondary N) is 1. The van der Waals surface area contributed by atoms with E-state index in [4.69, 9.17) is 4.74 Å². The smallest absolute Gasteiger partial charge is 0.204 e. The van der Waals surface area contributed by atoms with Gasteiger partial charge in [0.2, 0.25) is 5.13 Å². The number of benzene rings is 2.